The molecule has 1 aliphatic rings. The van der Waals surface area contributed by atoms with Crippen molar-refractivity contribution in [1.29, 1.82) is 0 Å². The third-order valence-corrected chi connectivity index (χ3v) is 4.50. The van der Waals surface area contributed by atoms with Gasteiger partial charge in [0.15, 0.2) is 0 Å². The third kappa shape index (κ3) is 3.99. The zero-order chi connectivity index (χ0) is 14.4. The molecule has 6 nitrogen and oxygen atoms in total. The molecule has 1 saturated heterocycles. The van der Waals surface area contributed by atoms with Crippen LogP contribution in [0.1, 0.15) is 46.1 Å². The largest absolute Gasteiger partial charge is 0.378 e. The van der Waals surface area contributed by atoms with E-state index in [0.717, 1.165) is 24.6 Å². The molecule has 0 radical (unpaired) electrons. The van der Waals surface area contributed by atoms with Gasteiger partial charge in [0.2, 0.25) is 0 Å². The van der Waals surface area contributed by atoms with Crippen LogP contribution in [0.3, 0.4) is 0 Å². The molecule has 1 fully saturated rings. The highest BCUT2D eigenvalue weighted by molar-refractivity contribution is 7.13. The maximum Gasteiger partial charge on any atom is 0.277 e. The molecular weight excluding hydrogens is 276 g/mol. The second-order valence-electron chi connectivity index (χ2n) is 4.98. The number of carbonyl (C=O) groups is 1. The molecule has 0 saturated carbocycles. The minimum atomic E-state index is -0.295. The number of hydrazine groups is 1. The lowest BCUT2D eigenvalue weighted by atomic mass is 10.2. The number of rotatable bonds is 5. The Morgan fingerprint density at radius 1 is 1.40 bits per heavy atom. The van der Waals surface area contributed by atoms with Crippen LogP contribution in [0, 0.1) is 0 Å². The summed E-state index contributed by atoms with van der Waals surface area (Å²) < 4.78 is 5.10. The number of amides is 1. The highest BCUT2D eigenvalue weighted by atomic mass is 32.1. The molecule has 1 aliphatic heterocycles. The van der Waals surface area contributed by atoms with E-state index in [9.17, 15) is 4.79 Å². The molecule has 0 unspecified atom stereocenters. The van der Waals surface area contributed by atoms with E-state index in [4.69, 9.17) is 10.6 Å². The number of carbonyl (C=O) groups excluding carboxylic acids is 1. The molecule has 1 amide bonds. The van der Waals surface area contributed by atoms with Crippen LogP contribution in [0.4, 0.5) is 0 Å². The molecule has 20 heavy (non-hydrogen) atoms. The third-order valence-electron chi connectivity index (χ3n) is 3.42. The minimum absolute atomic E-state index is 0.295. The first-order valence-electron chi connectivity index (χ1n) is 6.95. The van der Waals surface area contributed by atoms with E-state index in [1.807, 2.05) is 0 Å². The molecule has 0 spiro atoms. The predicted octanol–water partition coefficient (Wildman–Crippen LogP) is 1.27. The molecule has 112 valence electrons. The molecule has 1 aromatic rings. The number of likely N-dealkylation sites (tertiary alicyclic amines) is 1. The van der Waals surface area contributed by atoms with Gasteiger partial charge in [0, 0.05) is 7.11 Å². The van der Waals surface area contributed by atoms with Crippen molar-refractivity contribution in [2.45, 2.75) is 38.8 Å². The number of nitrogens with one attached hydrogen (secondary N) is 1. The number of nitrogen functional groups attached to an aromatic ring is 1. The van der Waals surface area contributed by atoms with Crippen LogP contribution in [0.2, 0.25) is 0 Å². The van der Waals surface area contributed by atoms with Gasteiger partial charge in [0.1, 0.15) is 9.88 Å². The molecule has 0 atom stereocenters. The zero-order valence-electron chi connectivity index (χ0n) is 11.9. The van der Waals surface area contributed by atoms with Crippen LogP contribution in [-0.2, 0) is 17.9 Å². The van der Waals surface area contributed by atoms with E-state index in [-0.39, 0.29) is 5.91 Å². The van der Waals surface area contributed by atoms with Gasteiger partial charge in [-0.25, -0.2) is 10.8 Å². The van der Waals surface area contributed by atoms with Crippen molar-refractivity contribution < 1.29 is 9.53 Å². The maximum absolute atomic E-state index is 11.7. The molecule has 7 heteroatoms. The van der Waals surface area contributed by atoms with E-state index >= 15 is 0 Å². The lowest BCUT2D eigenvalue weighted by molar-refractivity contribution is 0.0952. The highest BCUT2D eigenvalue weighted by Gasteiger charge is 2.19. The van der Waals surface area contributed by atoms with Gasteiger partial charge in [0.25, 0.3) is 5.91 Å². The molecular formula is C13H22N4O2S. The van der Waals surface area contributed by atoms with E-state index in [0.29, 0.717) is 17.2 Å². The summed E-state index contributed by atoms with van der Waals surface area (Å²) in [4.78, 5) is 19.2. The van der Waals surface area contributed by atoms with Crippen molar-refractivity contribution in [3.05, 3.63) is 15.6 Å². The minimum Gasteiger partial charge on any atom is -0.378 e. The van der Waals surface area contributed by atoms with Crippen LogP contribution in [0.15, 0.2) is 0 Å². The van der Waals surface area contributed by atoms with Crippen molar-refractivity contribution in [3.8, 4) is 0 Å². The molecule has 0 bridgehead atoms. The fourth-order valence-electron chi connectivity index (χ4n) is 2.43. The lowest BCUT2D eigenvalue weighted by Crippen LogP contribution is -2.30. The van der Waals surface area contributed by atoms with Gasteiger partial charge in [-0.1, -0.05) is 12.8 Å². The maximum atomic E-state index is 11.7. The monoisotopic (exact) mass is 298 g/mol. The van der Waals surface area contributed by atoms with Crippen LogP contribution < -0.4 is 11.3 Å². The van der Waals surface area contributed by atoms with Crippen molar-refractivity contribution in [2.75, 3.05) is 20.2 Å². The summed E-state index contributed by atoms with van der Waals surface area (Å²) in [7, 11) is 1.60. The molecule has 2 heterocycles. The van der Waals surface area contributed by atoms with Gasteiger partial charge >= 0.3 is 0 Å². The zero-order valence-corrected chi connectivity index (χ0v) is 12.7. The summed E-state index contributed by atoms with van der Waals surface area (Å²) in [6.45, 7) is 3.35. The average Bonchev–Trinajstić information content (AvgIpc) is 2.67. The van der Waals surface area contributed by atoms with E-state index in [1.165, 1.54) is 37.0 Å². The first kappa shape index (κ1) is 15.4. The highest BCUT2D eigenvalue weighted by Crippen LogP contribution is 2.22. The normalized spacial score (nSPS) is 16.9. The number of aromatic nitrogens is 1. The fourth-order valence-corrected chi connectivity index (χ4v) is 3.44. The Morgan fingerprint density at radius 3 is 2.70 bits per heavy atom. The smallest absolute Gasteiger partial charge is 0.277 e. The molecule has 0 aliphatic carbocycles. The van der Waals surface area contributed by atoms with Crippen molar-refractivity contribution >= 4 is 17.2 Å². The second kappa shape index (κ2) is 7.68. The van der Waals surface area contributed by atoms with Crippen molar-refractivity contribution in [2.24, 2.45) is 5.84 Å². The summed E-state index contributed by atoms with van der Waals surface area (Å²) in [5.41, 5.74) is 2.84. The lowest BCUT2D eigenvalue weighted by Gasteiger charge is -2.17. The van der Waals surface area contributed by atoms with Gasteiger partial charge in [-0.05, 0) is 25.9 Å². The second-order valence-corrected chi connectivity index (χ2v) is 6.06. The number of methoxy groups -OCH3 is 1. The van der Waals surface area contributed by atoms with Crippen molar-refractivity contribution in [1.82, 2.24) is 15.3 Å². The number of ether oxygens (including phenoxy) is 1. The molecule has 0 aromatic carbocycles. The van der Waals surface area contributed by atoms with E-state index in [1.54, 1.807) is 7.11 Å². The predicted molar refractivity (Wildman–Crippen MR) is 78.2 cm³/mol. The molecule has 3 N–H and O–H groups in total. The summed E-state index contributed by atoms with van der Waals surface area (Å²) in [5.74, 6) is 4.92. The summed E-state index contributed by atoms with van der Waals surface area (Å²) >= 11 is 1.41. The Labute approximate surface area is 123 Å². The van der Waals surface area contributed by atoms with Gasteiger partial charge in [-0.15, -0.1) is 11.3 Å². The SMILES string of the molecule is COCc1nc(CN2CCCCCC2)sc1C(=O)NN. The van der Waals surface area contributed by atoms with Crippen LogP contribution in [0.25, 0.3) is 0 Å². The Balaban J connectivity index is 2.08. The van der Waals surface area contributed by atoms with Crippen LogP contribution >= 0.6 is 11.3 Å². The van der Waals surface area contributed by atoms with Gasteiger partial charge < -0.3 is 4.74 Å². The van der Waals surface area contributed by atoms with E-state index in [2.05, 4.69) is 15.3 Å². The first-order valence-corrected chi connectivity index (χ1v) is 7.77. The number of thiazole rings is 1. The number of hydrogen-bond donors (Lipinski definition) is 2. The Kier molecular flexibility index (Phi) is 5.90. The molecule has 2 rings (SSSR count). The van der Waals surface area contributed by atoms with Crippen molar-refractivity contribution in [3.63, 3.8) is 0 Å². The standard InChI is InChI=1S/C13H22N4O2S/c1-19-9-10-12(13(18)16-14)20-11(15-10)8-17-6-4-2-3-5-7-17/h2-9,14H2,1H3,(H,16,18). The Hall–Kier alpha value is -1.02. The number of nitrogens with two attached hydrogens (primary N) is 1. The topological polar surface area (TPSA) is 80.5 Å². The quantitative estimate of drug-likeness (QED) is 0.486. The van der Waals surface area contributed by atoms with Crippen LogP contribution in [-0.4, -0.2) is 36.0 Å². The van der Waals surface area contributed by atoms with Crippen LogP contribution in [0.5, 0.6) is 0 Å². The Bertz CT molecular complexity index is 442. The van der Waals surface area contributed by atoms with Gasteiger partial charge in [-0.3, -0.25) is 15.1 Å². The number of hydrogen-bond acceptors (Lipinski definition) is 6. The number of nitrogens with zero attached hydrogens (tertiary/aromatic N) is 2. The summed E-state index contributed by atoms with van der Waals surface area (Å²) in [6, 6.07) is 0. The fraction of sp³-hybridized carbons (Fsp3) is 0.692. The summed E-state index contributed by atoms with van der Waals surface area (Å²) in [6.07, 6.45) is 5.10. The summed E-state index contributed by atoms with van der Waals surface area (Å²) in [5, 5.41) is 0.956. The average molecular weight is 298 g/mol. The molecule has 1 aromatic heterocycles. The first-order chi connectivity index (χ1) is 9.74. The van der Waals surface area contributed by atoms with E-state index < -0.39 is 0 Å². The Morgan fingerprint density at radius 2 is 2.10 bits per heavy atom. The van der Waals surface area contributed by atoms with Gasteiger partial charge in [-0.2, -0.15) is 0 Å². The van der Waals surface area contributed by atoms with Gasteiger partial charge in [0.05, 0.1) is 18.8 Å².